The average molecular weight is 637 g/mol. The second kappa shape index (κ2) is 11.8. The van der Waals surface area contributed by atoms with Gasteiger partial charge in [0, 0.05) is 16.7 Å². The molecule has 2 fully saturated rings. The molecule has 2 aliphatic rings. The first kappa shape index (κ1) is 32.4. The van der Waals surface area contributed by atoms with Gasteiger partial charge in [0.2, 0.25) is 0 Å². The quantitative estimate of drug-likeness (QED) is 0.183. The van der Waals surface area contributed by atoms with Crippen molar-refractivity contribution in [2.24, 2.45) is 0 Å². The van der Waals surface area contributed by atoms with E-state index >= 15 is 0 Å². The number of hydrogen-bond donors (Lipinski definition) is 0. The second-order valence-electron chi connectivity index (χ2n) is 14.7. The summed E-state index contributed by atoms with van der Waals surface area (Å²) in [5, 5.41) is 0. The summed E-state index contributed by atoms with van der Waals surface area (Å²) in [4.78, 5) is 15.1. The van der Waals surface area contributed by atoms with Gasteiger partial charge < -0.3 is 18.6 Å². The first-order valence-corrected chi connectivity index (χ1v) is 16.6. The van der Waals surface area contributed by atoms with Crippen molar-refractivity contribution in [3.63, 3.8) is 0 Å². The Balaban J connectivity index is 1.39. The van der Waals surface area contributed by atoms with E-state index in [1.165, 1.54) is 0 Å². The summed E-state index contributed by atoms with van der Waals surface area (Å²) < 4.78 is 26.1. The van der Waals surface area contributed by atoms with Crippen molar-refractivity contribution in [2.75, 3.05) is 0 Å². The Kier molecular flexibility index (Phi) is 7.95. The third-order valence-electron chi connectivity index (χ3n) is 10.2. The third-order valence-corrected chi connectivity index (χ3v) is 10.2. The monoisotopic (exact) mass is 637 g/mol. The highest BCUT2D eigenvalue weighted by molar-refractivity contribution is 6.66. The molecule has 0 radical (unpaired) electrons. The Morgan fingerprint density at radius 1 is 0.375 bits per heavy atom. The van der Waals surface area contributed by atoms with E-state index in [1.54, 1.807) is 0 Å². The predicted molar refractivity (Wildman–Crippen MR) is 193 cm³/mol. The first-order valence-electron chi connectivity index (χ1n) is 16.6. The molecule has 5 aromatic rings. The summed E-state index contributed by atoms with van der Waals surface area (Å²) in [5.74, 6) is 1.69. The molecule has 1 aromatic heterocycles. The lowest BCUT2D eigenvalue weighted by molar-refractivity contribution is 0.00578. The number of hydrogen-bond acceptors (Lipinski definition) is 7. The summed E-state index contributed by atoms with van der Waals surface area (Å²) >= 11 is 0. The zero-order chi connectivity index (χ0) is 33.9. The van der Waals surface area contributed by atoms with Gasteiger partial charge in [0.25, 0.3) is 0 Å². The van der Waals surface area contributed by atoms with Crippen LogP contribution in [0.1, 0.15) is 55.4 Å². The van der Waals surface area contributed by atoms with Crippen LogP contribution in [-0.2, 0) is 18.6 Å². The number of benzene rings is 4. The molecule has 7 rings (SSSR count). The Labute approximate surface area is 284 Å². The lowest BCUT2D eigenvalue weighted by Crippen LogP contribution is -2.41. The minimum atomic E-state index is -0.603. The van der Waals surface area contributed by atoms with Crippen LogP contribution in [0.4, 0.5) is 0 Å². The molecule has 242 valence electrons. The van der Waals surface area contributed by atoms with Crippen molar-refractivity contribution >= 4 is 25.2 Å². The van der Waals surface area contributed by atoms with Crippen LogP contribution >= 0.6 is 0 Å². The highest BCUT2D eigenvalue weighted by Crippen LogP contribution is 2.38. The molecule has 0 amide bonds. The van der Waals surface area contributed by atoms with Gasteiger partial charge in [0.15, 0.2) is 17.5 Å². The molecule has 0 spiro atoms. The molecule has 0 atom stereocenters. The number of aromatic nitrogens is 3. The van der Waals surface area contributed by atoms with Crippen molar-refractivity contribution in [3.8, 4) is 45.3 Å². The Hall–Kier alpha value is -4.14. The molecule has 0 N–H and O–H groups in total. The fourth-order valence-electron chi connectivity index (χ4n) is 5.86. The summed E-state index contributed by atoms with van der Waals surface area (Å²) in [7, 11) is -1.21. The van der Waals surface area contributed by atoms with Crippen molar-refractivity contribution in [1.82, 2.24) is 15.0 Å². The van der Waals surface area contributed by atoms with E-state index < -0.39 is 36.6 Å². The zero-order valence-corrected chi connectivity index (χ0v) is 28.9. The SMILES string of the molecule is CC1(C)OB(c2cc(B3OC(C)(C)C(C)(C)O3)cc(-c3nc(-c4ccccc4)nc(-c4cccc(-c5ccccc5)c4)n3)c2)OC1(C)C. The van der Waals surface area contributed by atoms with Gasteiger partial charge in [0.05, 0.1) is 22.4 Å². The Bertz CT molecular complexity index is 1880. The van der Waals surface area contributed by atoms with E-state index in [2.05, 4.69) is 85.7 Å². The standard InChI is InChI=1S/C39H41B2N3O4/c1-36(2)37(3,4)46-40(45-36)31-23-30(24-32(25-31)41-47-38(5,6)39(7,8)48-41)35-43-33(27-18-13-10-14-19-27)42-34(44-35)29-21-15-20-28(22-29)26-16-11-9-12-17-26/h9-25H,1-8H3. The minimum Gasteiger partial charge on any atom is -0.399 e. The highest BCUT2D eigenvalue weighted by atomic mass is 16.7. The van der Waals surface area contributed by atoms with E-state index in [1.807, 2.05) is 72.8 Å². The Morgan fingerprint density at radius 3 is 1.23 bits per heavy atom. The zero-order valence-electron chi connectivity index (χ0n) is 28.9. The topological polar surface area (TPSA) is 75.6 Å². The molecule has 0 bridgehead atoms. The van der Waals surface area contributed by atoms with Crippen LogP contribution in [0.15, 0.2) is 103 Å². The largest absolute Gasteiger partial charge is 0.494 e. The third kappa shape index (κ3) is 6.01. The smallest absolute Gasteiger partial charge is 0.399 e. The van der Waals surface area contributed by atoms with Crippen molar-refractivity contribution in [2.45, 2.75) is 77.8 Å². The van der Waals surface area contributed by atoms with Crippen molar-refractivity contribution in [3.05, 3.63) is 103 Å². The molecule has 3 heterocycles. The van der Waals surface area contributed by atoms with Gasteiger partial charge in [0.1, 0.15) is 0 Å². The maximum absolute atomic E-state index is 6.52. The molecule has 48 heavy (non-hydrogen) atoms. The molecule has 7 nitrogen and oxygen atoms in total. The van der Waals surface area contributed by atoms with E-state index in [4.69, 9.17) is 33.6 Å². The van der Waals surface area contributed by atoms with Gasteiger partial charge in [-0.3, -0.25) is 0 Å². The molecule has 0 aliphatic carbocycles. The van der Waals surface area contributed by atoms with Gasteiger partial charge in [-0.15, -0.1) is 0 Å². The molecule has 2 aliphatic heterocycles. The van der Waals surface area contributed by atoms with E-state index in [9.17, 15) is 0 Å². The normalized spacial score (nSPS) is 19.1. The van der Waals surface area contributed by atoms with Gasteiger partial charge in [-0.05, 0) is 83.5 Å². The van der Waals surface area contributed by atoms with Gasteiger partial charge in [-0.1, -0.05) is 97.1 Å². The Morgan fingerprint density at radius 2 is 0.750 bits per heavy atom. The summed E-state index contributed by atoms with van der Waals surface area (Å²) in [6, 6.07) is 34.8. The van der Waals surface area contributed by atoms with Crippen LogP contribution < -0.4 is 10.9 Å². The fraction of sp³-hybridized carbons (Fsp3) is 0.308. The molecule has 2 saturated heterocycles. The van der Waals surface area contributed by atoms with E-state index in [0.29, 0.717) is 17.5 Å². The van der Waals surface area contributed by atoms with Crippen LogP contribution in [-0.4, -0.2) is 51.6 Å². The van der Waals surface area contributed by atoms with Crippen LogP contribution in [0.2, 0.25) is 0 Å². The molecule has 9 heteroatoms. The maximum Gasteiger partial charge on any atom is 0.494 e. The first-order chi connectivity index (χ1) is 22.7. The summed E-state index contributed by atoms with van der Waals surface area (Å²) in [6.45, 7) is 16.4. The van der Waals surface area contributed by atoms with Crippen LogP contribution in [0.25, 0.3) is 45.3 Å². The summed E-state index contributed by atoms with van der Waals surface area (Å²) in [6.07, 6.45) is 0. The van der Waals surface area contributed by atoms with Gasteiger partial charge >= 0.3 is 14.2 Å². The fourth-order valence-corrected chi connectivity index (χ4v) is 5.86. The second-order valence-corrected chi connectivity index (χ2v) is 14.7. The molecular formula is C39H41B2N3O4. The molecule has 0 saturated carbocycles. The lowest BCUT2D eigenvalue weighted by atomic mass is 9.71. The average Bonchev–Trinajstić information content (AvgIpc) is 3.44. The van der Waals surface area contributed by atoms with E-state index in [0.717, 1.165) is 38.7 Å². The van der Waals surface area contributed by atoms with Crippen LogP contribution in [0, 0.1) is 0 Å². The van der Waals surface area contributed by atoms with Gasteiger partial charge in [-0.25, -0.2) is 15.0 Å². The minimum absolute atomic E-state index is 0.511. The number of nitrogens with zero attached hydrogens (tertiary/aromatic N) is 3. The molecular weight excluding hydrogens is 596 g/mol. The molecule has 0 unspecified atom stereocenters. The lowest BCUT2D eigenvalue weighted by Gasteiger charge is -2.32. The van der Waals surface area contributed by atoms with Crippen molar-refractivity contribution in [1.29, 1.82) is 0 Å². The predicted octanol–water partition coefficient (Wildman–Crippen LogP) is 7.14. The van der Waals surface area contributed by atoms with Gasteiger partial charge in [-0.2, -0.15) is 0 Å². The van der Waals surface area contributed by atoms with E-state index in [-0.39, 0.29) is 0 Å². The number of rotatable bonds is 6. The summed E-state index contributed by atoms with van der Waals surface area (Å²) in [5.41, 5.74) is 4.42. The van der Waals surface area contributed by atoms with Crippen LogP contribution in [0.5, 0.6) is 0 Å². The molecule has 4 aromatic carbocycles. The highest BCUT2D eigenvalue weighted by Gasteiger charge is 2.54. The maximum atomic E-state index is 6.52. The van der Waals surface area contributed by atoms with Crippen molar-refractivity contribution < 1.29 is 18.6 Å². The van der Waals surface area contributed by atoms with Crippen LogP contribution in [0.3, 0.4) is 0 Å².